The molecule has 0 spiro atoms. The molecular weight excluding hydrogens is 456 g/mol. The molecule has 1 aliphatic heterocycles. The van der Waals surface area contributed by atoms with Crippen LogP contribution in [0.5, 0.6) is 0 Å². The van der Waals surface area contributed by atoms with Crippen molar-refractivity contribution >= 4 is 23.3 Å². The molecule has 36 heavy (non-hydrogen) atoms. The van der Waals surface area contributed by atoms with Crippen LogP contribution in [0.1, 0.15) is 57.4 Å². The maximum Gasteiger partial charge on any atom is 0.232 e. The molecule has 188 valence electrons. The third kappa shape index (κ3) is 4.94. The first kappa shape index (κ1) is 23.9. The van der Waals surface area contributed by atoms with Crippen molar-refractivity contribution in [2.75, 3.05) is 18.4 Å². The van der Waals surface area contributed by atoms with Gasteiger partial charge in [-0.25, -0.2) is 4.98 Å². The zero-order valence-corrected chi connectivity index (χ0v) is 21.1. The molecule has 3 N–H and O–H groups in total. The quantitative estimate of drug-likeness (QED) is 0.320. The number of nitrogens with one attached hydrogen (secondary N) is 3. The molecule has 0 saturated carbocycles. The van der Waals surface area contributed by atoms with Gasteiger partial charge in [0.2, 0.25) is 12.3 Å². The summed E-state index contributed by atoms with van der Waals surface area (Å²) in [6, 6.07) is 10.8. The van der Waals surface area contributed by atoms with Crippen molar-refractivity contribution in [3.05, 3.63) is 53.8 Å². The second-order valence-electron chi connectivity index (χ2n) is 10.4. The summed E-state index contributed by atoms with van der Waals surface area (Å²) in [4.78, 5) is 21.8. The molecule has 1 fully saturated rings. The van der Waals surface area contributed by atoms with E-state index in [4.69, 9.17) is 4.52 Å². The number of carbonyl (C=O) groups excluding carboxylic acids is 1. The van der Waals surface area contributed by atoms with Gasteiger partial charge in [-0.15, -0.1) is 0 Å². The summed E-state index contributed by atoms with van der Waals surface area (Å²) in [7, 11) is 0. The van der Waals surface area contributed by atoms with Gasteiger partial charge in [0.05, 0.1) is 11.9 Å². The van der Waals surface area contributed by atoms with Gasteiger partial charge in [0, 0.05) is 36.8 Å². The number of aromatic amines is 1. The normalized spacial score (nSPS) is 17.0. The van der Waals surface area contributed by atoms with Crippen LogP contribution in [0.2, 0.25) is 0 Å². The van der Waals surface area contributed by atoms with Gasteiger partial charge in [0.25, 0.3) is 0 Å². The fraction of sp³-hybridized carbons (Fsp3) is 0.423. The molecule has 0 radical (unpaired) electrons. The summed E-state index contributed by atoms with van der Waals surface area (Å²) < 4.78 is 5.39. The van der Waals surface area contributed by atoms with Gasteiger partial charge in [-0.2, -0.15) is 10.1 Å². The lowest BCUT2D eigenvalue weighted by molar-refractivity contribution is -0.117. The molecule has 10 nitrogen and oxygen atoms in total. The van der Waals surface area contributed by atoms with Crippen molar-refractivity contribution in [1.29, 1.82) is 0 Å². The molecular formula is C26H32N8O2. The maximum absolute atomic E-state index is 11.1. The Kier molecular flexibility index (Phi) is 6.44. The number of hydrogen-bond acceptors (Lipinski definition) is 8. The number of hydrogen-bond donors (Lipinski definition) is 3. The van der Waals surface area contributed by atoms with E-state index >= 15 is 0 Å². The Hall–Kier alpha value is -3.79. The number of aromatic nitrogens is 5. The highest BCUT2D eigenvalue weighted by molar-refractivity contribution is 6.00. The van der Waals surface area contributed by atoms with Crippen LogP contribution in [-0.2, 0) is 16.8 Å². The SMILES string of the molecule is C[C@H](NCc1noc(C(C)(C)C)n1)c1ccc(-c2ccnc3[nH]nc(N[C@@H]4CCN(C=O)C4)c23)cc1. The van der Waals surface area contributed by atoms with Crippen molar-refractivity contribution < 1.29 is 9.32 Å². The van der Waals surface area contributed by atoms with Gasteiger partial charge in [-0.1, -0.05) is 50.2 Å². The first-order valence-corrected chi connectivity index (χ1v) is 12.3. The predicted octanol–water partition coefficient (Wildman–Crippen LogP) is 3.80. The van der Waals surface area contributed by atoms with Crippen LogP contribution >= 0.6 is 0 Å². The monoisotopic (exact) mass is 488 g/mol. The summed E-state index contributed by atoms with van der Waals surface area (Å²) in [6.45, 7) is 10.2. The molecule has 0 bridgehead atoms. The van der Waals surface area contributed by atoms with E-state index in [9.17, 15) is 4.79 Å². The third-order valence-corrected chi connectivity index (χ3v) is 6.57. The van der Waals surface area contributed by atoms with E-state index in [-0.39, 0.29) is 17.5 Å². The Bertz CT molecular complexity index is 1340. The van der Waals surface area contributed by atoms with Crippen molar-refractivity contribution in [2.45, 2.75) is 58.2 Å². The van der Waals surface area contributed by atoms with Crippen LogP contribution in [0.4, 0.5) is 5.82 Å². The maximum atomic E-state index is 11.1. The number of carbonyl (C=O) groups is 1. The van der Waals surface area contributed by atoms with Crippen LogP contribution in [0.15, 0.2) is 41.1 Å². The molecule has 4 aromatic rings. The van der Waals surface area contributed by atoms with Crippen molar-refractivity contribution in [3.63, 3.8) is 0 Å². The number of anilines is 1. The molecule has 3 aromatic heterocycles. The third-order valence-electron chi connectivity index (χ3n) is 6.57. The minimum Gasteiger partial charge on any atom is -0.363 e. The number of pyridine rings is 1. The summed E-state index contributed by atoms with van der Waals surface area (Å²) in [5.74, 6) is 2.06. The molecule has 1 saturated heterocycles. The van der Waals surface area contributed by atoms with Gasteiger partial charge >= 0.3 is 0 Å². The molecule has 2 atom stereocenters. The van der Waals surface area contributed by atoms with E-state index in [2.05, 4.69) is 87.9 Å². The number of amides is 1. The predicted molar refractivity (Wildman–Crippen MR) is 137 cm³/mol. The average molecular weight is 489 g/mol. The highest BCUT2D eigenvalue weighted by atomic mass is 16.5. The Labute approximate surface area is 209 Å². The largest absolute Gasteiger partial charge is 0.363 e. The second-order valence-corrected chi connectivity index (χ2v) is 10.4. The molecule has 1 amide bonds. The Morgan fingerprint density at radius 3 is 2.75 bits per heavy atom. The van der Waals surface area contributed by atoms with E-state index in [1.165, 1.54) is 0 Å². The summed E-state index contributed by atoms with van der Waals surface area (Å²) >= 11 is 0. The van der Waals surface area contributed by atoms with E-state index in [1.54, 1.807) is 11.1 Å². The van der Waals surface area contributed by atoms with Gasteiger partial charge in [0.15, 0.2) is 17.3 Å². The van der Waals surface area contributed by atoms with Crippen molar-refractivity contribution in [3.8, 4) is 11.1 Å². The number of benzene rings is 1. The van der Waals surface area contributed by atoms with Crippen LogP contribution < -0.4 is 10.6 Å². The minimum absolute atomic E-state index is 0.113. The van der Waals surface area contributed by atoms with Crippen LogP contribution in [0, 0.1) is 0 Å². The molecule has 1 aromatic carbocycles. The van der Waals surface area contributed by atoms with E-state index in [0.717, 1.165) is 52.9 Å². The second kappa shape index (κ2) is 9.69. The molecule has 4 heterocycles. The standard InChI is InChI=1S/C26H32N8O2/c1-16(28-13-21-30-25(36-33-21)26(2,3)4)17-5-7-18(8-6-17)20-9-11-27-23-22(20)24(32-31-23)29-19-10-12-34(14-19)15-35/h5-9,11,15-16,19,28H,10,12-14H2,1-4H3,(H2,27,29,31,32)/t16-,19+/m0/s1. The van der Waals surface area contributed by atoms with E-state index < -0.39 is 0 Å². The molecule has 10 heteroatoms. The molecule has 0 aliphatic carbocycles. The fourth-order valence-corrected chi connectivity index (χ4v) is 4.43. The van der Waals surface area contributed by atoms with Crippen LogP contribution in [0.25, 0.3) is 22.2 Å². The van der Waals surface area contributed by atoms with Gasteiger partial charge in [-0.3, -0.25) is 9.89 Å². The zero-order chi connectivity index (χ0) is 25.3. The first-order chi connectivity index (χ1) is 17.3. The van der Waals surface area contributed by atoms with E-state index in [1.807, 2.05) is 6.07 Å². The van der Waals surface area contributed by atoms with Crippen molar-refractivity contribution in [1.82, 2.24) is 35.5 Å². The average Bonchev–Trinajstić information content (AvgIpc) is 3.63. The number of likely N-dealkylation sites (tertiary alicyclic amines) is 1. The lowest BCUT2D eigenvalue weighted by Crippen LogP contribution is -2.25. The minimum atomic E-state index is -0.164. The highest BCUT2D eigenvalue weighted by Crippen LogP contribution is 2.33. The van der Waals surface area contributed by atoms with Gasteiger partial charge < -0.3 is 20.1 Å². The Balaban J connectivity index is 1.30. The number of fused-ring (bicyclic) bond motifs is 1. The Morgan fingerprint density at radius 1 is 1.25 bits per heavy atom. The van der Waals surface area contributed by atoms with Crippen LogP contribution in [0.3, 0.4) is 0 Å². The van der Waals surface area contributed by atoms with E-state index in [0.29, 0.717) is 24.8 Å². The lowest BCUT2D eigenvalue weighted by Gasteiger charge is -2.15. The summed E-state index contributed by atoms with van der Waals surface area (Å²) in [5.41, 5.74) is 3.86. The zero-order valence-electron chi connectivity index (χ0n) is 21.1. The van der Waals surface area contributed by atoms with Crippen molar-refractivity contribution in [2.24, 2.45) is 0 Å². The summed E-state index contributed by atoms with van der Waals surface area (Å²) in [6.07, 6.45) is 3.59. The van der Waals surface area contributed by atoms with Crippen LogP contribution in [-0.4, -0.2) is 55.8 Å². The molecule has 1 aliphatic rings. The topological polar surface area (TPSA) is 125 Å². The first-order valence-electron chi connectivity index (χ1n) is 12.3. The smallest absolute Gasteiger partial charge is 0.232 e. The molecule has 5 rings (SSSR count). The lowest BCUT2D eigenvalue weighted by atomic mass is 9.97. The Morgan fingerprint density at radius 2 is 2.06 bits per heavy atom. The fourth-order valence-electron chi connectivity index (χ4n) is 4.43. The molecule has 0 unspecified atom stereocenters. The van der Waals surface area contributed by atoms with Gasteiger partial charge in [0.1, 0.15) is 0 Å². The summed E-state index contributed by atoms with van der Waals surface area (Å²) in [5, 5.41) is 19.5. The number of nitrogens with zero attached hydrogens (tertiary/aromatic N) is 5. The number of H-pyrrole nitrogens is 1. The number of rotatable bonds is 8. The van der Waals surface area contributed by atoms with Gasteiger partial charge in [-0.05, 0) is 36.1 Å². The highest BCUT2D eigenvalue weighted by Gasteiger charge is 2.24.